The van der Waals surface area contributed by atoms with Crippen LogP contribution in [-0.4, -0.2) is 36.1 Å². The fourth-order valence-corrected chi connectivity index (χ4v) is 4.21. The van der Waals surface area contributed by atoms with Crippen molar-refractivity contribution in [3.05, 3.63) is 65.7 Å². The predicted molar refractivity (Wildman–Crippen MR) is 137 cm³/mol. The van der Waals surface area contributed by atoms with Gasteiger partial charge >= 0.3 is 5.97 Å². The Labute approximate surface area is 208 Å². The lowest BCUT2D eigenvalue weighted by Gasteiger charge is -2.29. The number of carbonyl (C=O) groups is 2. The summed E-state index contributed by atoms with van der Waals surface area (Å²) in [5.74, 6) is -0.0897. The molecule has 2 aromatic rings. The number of halogens is 2. The SMILES string of the molecule is Cl.Cl.NCC1CCC(C(=O)N[C@H](CNc2ccc(CC(=O)O)cc2)Cc2ccccc2)CC1. The zero-order chi connectivity index (χ0) is 22.1. The minimum Gasteiger partial charge on any atom is -0.481 e. The van der Waals surface area contributed by atoms with Gasteiger partial charge in [-0.25, -0.2) is 0 Å². The van der Waals surface area contributed by atoms with Gasteiger partial charge in [0, 0.05) is 18.2 Å². The highest BCUT2D eigenvalue weighted by atomic mass is 35.5. The van der Waals surface area contributed by atoms with Crippen LogP contribution < -0.4 is 16.4 Å². The van der Waals surface area contributed by atoms with Gasteiger partial charge in [-0.1, -0.05) is 42.5 Å². The largest absolute Gasteiger partial charge is 0.481 e. The first-order valence-corrected chi connectivity index (χ1v) is 11.1. The summed E-state index contributed by atoms with van der Waals surface area (Å²) in [6.45, 7) is 1.30. The third-order valence-corrected chi connectivity index (χ3v) is 6.08. The molecule has 1 atom stereocenters. The number of amides is 1. The van der Waals surface area contributed by atoms with Crippen LogP contribution in [0, 0.1) is 11.8 Å². The number of anilines is 1. The predicted octanol–water partition coefficient (Wildman–Crippen LogP) is 4.06. The van der Waals surface area contributed by atoms with Crippen LogP contribution in [-0.2, 0) is 22.4 Å². The van der Waals surface area contributed by atoms with E-state index in [1.807, 2.05) is 42.5 Å². The summed E-state index contributed by atoms with van der Waals surface area (Å²) in [6, 6.07) is 17.5. The van der Waals surface area contributed by atoms with Crippen molar-refractivity contribution in [2.75, 3.05) is 18.4 Å². The topological polar surface area (TPSA) is 104 Å². The van der Waals surface area contributed by atoms with E-state index >= 15 is 0 Å². The summed E-state index contributed by atoms with van der Waals surface area (Å²) >= 11 is 0. The van der Waals surface area contributed by atoms with Crippen molar-refractivity contribution in [3.8, 4) is 0 Å². The molecule has 0 radical (unpaired) electrons. The Kier molecular flexibility index (Phi) is 12.9. The van der Waals surface area contributed by atoms with Crippen LogP contribution in [0.25, 0.3) is 0 Å². The Morgan fingerprint density at radius 3 is 2.15 bits per heavy atom. The zero-order valence-electron chi connectivity index (χ0n) is 18.7. The molecule has 182 valence electrons. The minimum atomic E-state index is -0.841. The van der Waals surface area contributed by atoms with E-state index in [1.54, 1.807) is 0 Å². The van der Waals surface area contributed by atoms with Crippen LogP contribution in [0.1, 0.15) is 36.8 Å². The number of hydrogen-bond acceptors (Lipinski definition) is 4. The van der Waals surface area contributed by atoms with Gasteiger partial charge in [0.25, 0.3) is 0 Å². The normalized spacial score (nSPS) is 18.2. The average Bonchev–Trinajstić information content (AvgIpc) is 2.79. The van der Waals surface area contributed by atoms with Gasteiger partial charge in [-0.15, -0.1) is 24.8 Å². The number of rotatable bonds is 10. The quantitative estimate of drug-likeness (QED) is 0.397. The van der Waals surface area contributed by atoms with Crippen molar-refractivity contribution in [1.29, 1.82) is 0 Å². The Morgan fingerprint density at radius 2 is 1.58 bits per heavy atom. The number of carboxylic acid groups (broad SMARTS) is 1. The summed E-state index contributed by atoms with van der Waals surface area (Å²) in [6.07, 6.45) is 4.63. The molecule has 2 aromatic carbocycles. The average molecular weight is 496 g/mol. The maximum absolute atomic E-state index is 12.9. The maximum atomic E-state index is 12.9. The highest BCUT2D eigenvalue weighted by molar-refractivity contribution is 5.85. The first-order chi connectivity index (χ1) is 15.0. The fraction of sp³-hybridized carbons (Fsp3) is 0.440. The summed E-state index contributed by atoms with van der Waals surface area (Å²) in [7, 11) is 0. The molecule has 33 heavy (non-hydrogen) atoms. The molecule has 1 aliphatic rings. The van der Waals surface area contributed by atoms with Crippen LogP contribution in [0.2, 0.25) is 0 Å². The van der Waals surface area contributed by atoms with E-state index in [1.165, 1.54) is 5.56 Å². The molecular formula is C25H35Cl2N3O3. The number of benzene rings is 2. The highest BCUT2D eigenvalue weighted by Gasteiger charge is 2.27. The lowest BCUT2D eigenvalue weighted by molar-refractivity contribution is -0.136. The molecule has 0 unspecified atom stereocenters. The number of nitrogens with two attached hydrogens (primary N) is 1. The van der Waals surface area contributed by atoms with Crippen molar-refractivity contribution >= 4 is 42.4 Å². The molecule has 0 heterocycles. The number of carboxylic acids is 1. The highest BCUT2D eigenvalue weighted by Crippen LogP contribution is 2.28. The summed E-state index contributed by atoms with van der Waals surface area (Å²) < 4.78 is 0. The van der Waals surface area contributed by atoms with Gasteiger partial charge in [-0.2, -0.15) is 0 Å². The van der Waals surface area contributed by atoms with E-state index < -0.39 is 5.97 Å². The Bertz CT molecular complexity index is 842. The van der Waals surface area contributed by atoms with E-state index in [-0.39, 0.29) is 49.1 Å². The van der Waals surface area contributed by atoms with E-state index in [0.717, 1.165) is 43.4 Å². The van der Waals surface area contributed by atoms with E-state index in [2.05, 4.69) is 22.8 Å². The standard InChI is InChI=1S/C25H33N3O3.2ClH/c26-16-20-6-10-21(11-7-20)25(31)28-23(14-18-4-2-1-3-5-18)17-27-22-12-8-19(9-13-22)15-24(29)30;;/h1-5,8-9,12-13,20-21,23,27H,6-7,10-11,14-17,26H2,(H,28,31)(H,29,30);2*1H/t20?,21?,23-;;/m0../s1. The van der Waals surface area contributed by atoms with E-state index in [4.69, 9.17) is 10.8 Å². The van der Waals surface area contributed by atoms with Crippen molar-refractivity contribution < 1.29 is 14.7 Å². The molecule has 3 rings (SSSR count). The van der Waals surface area contributed by atoms with Gasteiger partial charge < -0.3 is 21.5 Å². The Balaban J connectivity index is 0.00000272. The van der Waals surface area contributed by atoms with Gasteiger partial charge in [-0.3, -0.25) is 9.59 Å². The van der Waals surface area contributed by atoms with Gasteiger partial charge in [0.15, 0.2) is 0 Å². The molecule has 0 saturated heterocycles. The zero-order valence-corrected chi connectivity index (χ0v) is 20.4. The van der Waals surface area contributed by atoms with Gasteiger partial charge in [0.2, 0.25) is 5.91 Å². The Morgan fingerprint density at radius 1 is 0.939 bits per heavy atom. The van der Waals surface area contributed by atoms with E-state index in [0.29, 0.717) is 19.0 Å². The van der Waals surface area contributed by atoms with Gasteiger partial charge in [-0.05, 0) is 67.8 Å². The summed E-state index contributed by atoms with van der Waals surface area (Å²) in [5, 5.41) is 15.6. The monoisotopic (exact) mass is 495 g/mol. The molecule has 1 amide bonds. The first kappa shape index (κ1) is 28.8. The molecule has 8 heteroatoms. The first-order valence-electron chi connectivity index (χ1n) is 11.1. The minimum absolute atomic E-state index is 0. The second-order valence-electron chi connectivity index (χ2n) is 8.50. The van der Waals surface area contributed by atoms with Gasteiger partial charge in [0.1, 0.15) is 0 Å². The second kappa shape index (κ2) is 14.8. The van der Waals surface area contributed by atoms with Crippen LogP contribution in [0.15, 0.2) is 54.6 Å². The molecule has 5 N–H and O–H groups in total. The number of carbonyl (C=O) groups excluding carboxylic acids is 1. The number of aliphatic carboxylic acids is 1. The molecule has 0 aromatic heterocycles. The molecule has 0 aliphatic heterocycles. The van der Waals surface area contributed by atoms with E-state index in [9.17, 15) is 9.59 Å². The molecule has 1 saturated carbocycles. The third kappa shape index (κ3) is 9.62. The summed E-state index contributed by atoms with van der Waals surface area (Å²) in [5.41, 5.74) is 8.63. The van der Waals surface area contributed by atoms with Crippen LogP contribution in [0.3, 0.4) is 0 Å². The number of hydrogen-bond donors (Lipinski definition) is 4. The lowest BCUT2D eigenvalue weighted by Crippen LogP contribution is -2.44. The molecule has 6 nitrogen and oxygen atoms in total. The smallest absolute Gasteiger partial charge is 0.307 e. The van der Waals surface area contributed by atoms with Crippen molar-refractivity contribution in [2.45, 2.75) is 44.6 Å². The number of nitrogens with one attached hydrogen (secondary N) is 2. The molecule has 1 aliphatic carbocycles. The van der Waals surface area contributed by atoms with Gasteiger partial charge in [0.05, 0.1) is 12.5 Å². The second-order valence-corrected chi connectivity index (χ2v) is 8.50. The molecule has 0 spiro atoms. The third-order valence-electron chi connectivity index (χ3n) is 6.08. The summed E-state index contributed by atoms with van der Waals surface area (Å²) in [4.78, 5) is 23.8. The molecule has 1 fully saturated rings. The van der Waals surface area contributed by atoms with Crippen molar-refractivity contribution in [2.24, 2.45) is 17.6 Å². The van der Waals surface area contributed by atoms with Crippen LogP contribution in [0.4, 0.5) is 5.69 Å². The molecular weight excluding hydrogens is 461 g/mol. The van der Waals surface area contributed by atoms with Crippen LogP contribution >= 0.6 is 24.8 Å². The maximum Gasteiger partial charge on any atom is 0.307 e. The van der Waals surface area contributed by atoms with Crippen LogP contribution in [0.5, 0.6) is 0 Å². The molecule has 0 bridgehead atoms. The lowest BCUT2D eigenvalue weighted by atomic mass is 9.81. The van der Waals surface area contributed by atoms with Crippen molar-refractivity contribution in [1.82, 2.24) is 5.32 Å². The Hall–Kier alpha value is -2.28. The van der Waals surface area contributed by atoms with Crippen molar-refractivity contribution in [3.63, 3.8) is 0 Å². The fourth-order valence-electron chi connectivity index (χ4n) is 4.21.